The zero-order valence-electron chi connectivity index (χ0n) is 11.3. The molecule has 0 N–H and O–H groups in total. The van der Waals surface area contributed by atoms with Gasteiger partial charge >= 0.3 is 0 Å². The summed E-state index contributed by atoms with van der Waals surface area (Å²) in [6, 6.07) is 8.56. The highest BCUT2D eigenvalue weighted by Gasteiger charge is 2.13. The van der Waals surface area contributed by atoms with Gasteiger partial charge in [0.05, 0.1) is 0 Å². The van der Waals surface area contributed by atoms with Gasteiger partial charge in [-0.25, -0.2) is 4.98 Å². The Labute approximate surface area is 127 Å². The van der Waals surface area contributed by atoms with Crippen molar-refractivity contribution in [1.82, 2.24) is 9.36 Å². The molecule has 1 fully saturated rings. The average molecular weight is 340 g/mol. The lowest BCUT2D eigenvalue weighted by atomic mass is 10.2. The van der Waals surface area contributed by atoms with E-state index in [-0.39, 0.29) is 0 Å². The van der Waals surface area contributed by atoms with Crippen LogP contribution in [0.5, 0.6) is 0 Å². The number of halogens is 1. The fourth-order valence-electron chi connectivity index (χ4n) is 2.13. The van der Waals surface area contributed by atoms with E-state index >= 15 is 0 Å². The smallest absolute Gasteiger partial charge is 0.209 e. The molecule has 1 aromatic heterocycles. The van der Waals surface area contributed by atoms with E-state index in [0.29, 0.717) is 4.73 Å². The summed E-state index contributed by atoms with van der Waals surface area (Å²) >= 11 is 4.72. The number of hydrogen-bond acceptors (Lipinski definition) is 4. The minimum absolute atomic E-state index is 0.670. The molecule has 0 amide bonds. The van der Waals surface area contributed by atoms with Gasteiger partial charge in [0.1, 0.15) is 5.01 Å². The predicted molar refractivity (Wildman–Crippen MR) is 85.8 cm³/mol. The molecule has 0 radical (unpaired) electrons. The van der Waals surface area contributed by atoms with Crippen molar-refractivity contribution in [2.45, 2.75) is 26.7 Å². The van der Waals surface area contributed by atoms with Gasteiger partial charge in [-0.3, -0.25) is 0 Å². The molecule has 0 bridgehead atoms. The van der Waals surface area contributed by atoms with Crippen LogP contribution < -0.4 is 4.90 Å². The molecular weight excluding hydrogens is 322 g/mol. The zero-order chi connectivity index (χ0) is 13.7. The Balaban J connectivity index is 0.000000637. The molecule has 2 heterocycles. The van der Waals surface area contributed by atoms with E-state index in [4.69, 9.17) is 0 Å². The number of rotatable bonds is 2. The molecule has 3 rings (SSSR count). The van der Waals surface area contributed by atoms with E-state index in [1.165, 1.54) is 43.2 Å². The molecule has 1 aliphatic rings. The minimum Gasteiger partial charge on any atom is -0.372 e. The molecule has 19 heavy (non-hydrogen) atoms. The Bertz CT molecular complexity index is 521. The highest BCUT2D eigenvalue weighted by atomic mass is 79.9. The molecule has 1 aromatic carbocycles. The van der Waals surface area contributed by atoms with Gasteiger partial charge in [-0.1, -0.05) is 26.0 Å². The van der Waals surface area contributed by atoms with Gasteiger partial charge in [0.2, 0.25) is 4.73 Å². The van der Waals surface area contributed by atoms with Gasteiger partial charge in [0.25, 0.3) is 0 Å². The number of hydrogen-bond donors (Lipinski definition) is 0. The van der Waals surface area contributed by atoms with Gasteiger partial charge in [0, 0.05) is 24.3 Å². The van der Waals surface area contributed by atoms with Crippen molar-refractivity contribution in [3.05, 3.63) is 29.0 Å². The van der Waals surface area contributed by atoms with E-state index in [1.807, 2.05) is 13.8 Å². The third kappa shape index (κ3) is 3.54. The number of anilines is 1. The van der Waals surface area contributed by atoms with Gasteiger partial charge < -0.3 is 4.90 Å². The molecular formula is C14H18BrN3S. The molecule has 0 spiro atoms. The van der Waals surface area contributed by atoms with Crippen molar-refractivity contribution in [2.75, 3.05) is 18.0 Å². The van der Waals surface area contributed by atoms with Gasteiger partial charge in [-0.2, -0.15) is 4.37 Å². The number of benzene rings is 1. The van der Waals surface area contributed by atoms with Crippen molar-refractivity contribution in [2.24, 2.45) is 0 Å². The lowest BCUT2D eigenvalue weighted by Crippen LogP contribution is -2.17. The molecule has 3 nitrogen and oxygen atoms in total. The third-order valence-electron chi connectivity index (χ3n) is 2.97. The quantitative estimate of drug-likeness (QED) is 0.800. The monoisotopic (exact) mass is 339 g/mol. The van der Waals surface area contributed by atoms with Crippen molar-refractivity contribution in [1.29, 1.82) is 0 Å². The maximum atomic E-state index is 4.35. The highest BCUT2D eigenvalue weighted by Crippen LogP contribution is 2.28. The van der Waals surface area contributed by atoms with E-state index < -0.39 is 0 Å². The van der Waals surface area contributed by atoms with Crippen LogP contribution in [0.1, 0.15) is 26.7 Å². The van der Waals surface area contributed by atoms with Crippen molar-refractivity contribution >= 4 is 33.1 Å². The topological polar surface area (TPSA) is 29.0 Å². The Kier molecular flexibility index (Phi) is 5.34. The molecule has 1 saturated heterocycles. The normalized spacial score (nSPS) is 14.2. The fraction of sp³-hybridized carbons (Fsp3) is 0.429. The standard InChI is InChI=1S/C12H12BrN3S.C2H6/c13-12-14-11(17-15-12)9-4-3-5-10(8-9)16-6-1-2-7-16;1-2/h3-5,8H,1-2,6-7H2;1-2H3. The average Bonchev–Trinajstić information content (AvgIpc) is 3.12. The predicted octanol–water partition coefficient (Wildman–Crippen LogP) is 4.59. The van der Waals surface area contributed by atoms with Crippen LogP contribution in [0.25, 0.3) is 10.6 Å². The molecule has 0 atom stereocenters. The van der Waals surface area contributed by atoms with Gasteiger partial charge in [-0.15, -0.1) is 0 Å². The molecule has 1 aliphatic heterocycles. The van der Waals surface area contributed by atoms with E-state index in [0.717, 1.165) is 10.6 Å². The maximum Gasteiger partial charge on any atom is 0.209 e. The summed E-state index contributed by atoms with van der Waals surface area (Å²) in [5.74, 6) is 0. The van der Waals surface area contributed by atoms with Crippen LogP contribution >= 0.6 is 27.5 Å². The van der Waals surface area contributed by atoms with E-state index in [9.17, 15) is 0 Å². The molecule has 102 valence electrons. The van der Waals surface area contributed by atoms with Crippen LogP contribution in [-0.4, -0.2) is 22.4 Å². The first-order valence-corrected chi connectivity index (χ1v) is 8.24. The van der Waals surface area contributed by atoms with Crippen LogP contribution in [0, 0.1) is 0 Å². The number of aromatic nitrogens is 2. The Hall–Kier alpha value is -0.940. The SMILES string of the molecule is Brc1nsc(-c2cccc(N3CCCC3)c2)n1.CC. The van der Waals surface area contributed by atoms with Gasteiger partial charge in [0.15, 0.2) is 0 Å². The first-order valence-electron chi connectivity index (χ1n) is 6.67. The highest BCUT2D eigenvalue weighted by molar-refractivity contribution is 9.10. The van der Waals surface area contributed by atoms with Crippen LogP contribution in [-0.2, 0) is 0 Å². The second kappa shape index (κ2) is 7.01. The Morgan fingerprint density at radius 1 is 1.21 bits per heavy atom. The fourth-order valence-corrected chi connectivity index (χ4v) is 3.21. The summed E-state index contributed by atoms with van der Waals surface area (Å²) in [6.45, 7) is 6.34. The summed E-state index contributed by atoms with van der Waals surface area (Å²) in [4.78, 5) is 6.78. The van der Waals surface area contributed by atoms with E-state index in [2.05, 4.69) is 54.5 Å². The van der Waals surface area contributed by atoms with Crippen molar-refractivity contribution in [3.63, 3.8) is 0 Å². The van der Waals surface area contributed by atoms with E-state index in [1.54, 1.807) is 0 Å². The van der Waals surface area contributed by atoms with Crippen LogP contribution in [0.4, 0.5) is 5.69 Å². The zero-order valence-corrected chi connectivity index (χ0v) is 13.7. The Morgan fingerprint density at radius 2 is 1.95 bits per heavy atom. The largest absolute Gasteiger partial charge is 0.372 e. The second-order valence-corrected chi connectivity index (χ2v) is 5.57. The first kappa shape index (κ1) is 14.5. The summed E-state index contributed by atoms with van der Waals surface area (Å²) < 4.78 is 4.82. The van der Waals surface area contributed by atoms with Crippen molar-refractivity contribution in [3.8, 4) is 10.6 Å². The molecule has 0 aliphatic carbocycles. The minimum atomic E-state index is 0.670. The van der Waals surface area contributed by atoms with Crippen LogP contribution in [0.15, 0.2) is 29.0 Å². The van der Waals surface area contributed by atoms with Crippen LogP contribution in [0.3, 0.4) is 0 Å². The maximum absolute atomic E-state index is 4.35. The van der Waals surface area contributed by atoms with Crippen LogP contribution in [0.2, 0.25) is 0 Å². The molecule has 0 unspecified atom stereocenters. The van der Waals surface area contributed by atoms with Crippen molar-refractivity contribution < 1.29 is 0 Å². The lowest BCUT2D eigenvalue weighted by molar-refractivity contribution is 0.949. The first-order chi connectivity index (χ1) is 9.33. The summed E-state index contributed by atoms with van der Waals surface area (Å²) in [6.07, 6.45) is 2.60. The summed E-state index contributed by atoms with van der Waals surface area (Å²) in [7, 11) is 0. The summed E-state index contributed by atoms with van der Waals surface area (Å²) in [5.41, 5.74) is 2.45. The summed E-state index contributed by atoms with van der Waals surface area (Å²) in [5, 5.41) is 0.970. The molecule has 0 saturated carbocycles. The third-order valence-corrected chi connectivity index (χ3v) is 4.32. The molecule has 2 aromatic rings. The Morgan fingerprint density at radius 3 is 2.58 bits per heavy atom. The second-order valence-electron chi connectivity index (χ2n) is 4.11. The number of nitrogens with zero attached hydrogens (tertiary/aromatic N) is 3. The van der Waals surface area contributed by atoms with Gasteiger partial charge in [-0.05, 0) is 52.4 Å². The lowest BCUT2D eigenvalue weighted by Gasteiger charge is -2.17. The molecule has 5 heteroatoms.